The van der Waals surface area contributed by atoms with Gasteiger partial charge in [0.15, 0.2) is 0 Å². The van der Waals surface area contributed by atoms with Crippen LogP contribution in [0.15, 0.2) is 36.4 Å². The lowest BCUT2D eigenvalue weighted by atomic mass is 9.77. The van der Waals surface area contributed by atoms with E-state index in [0.29, 0.717) is 5.75 Å². The zero-order chi connectivity index (χ0) is 20.7. The lowest BCUT2D eigenvalue weighted by molar-refractivity contribution is 0.280. The minimum atomic E-state index is -0.129. The average Bonchev–Trinajstić information content (AvgIpc) is 3.10. The third-order valence-electron chi connectivity index (χ3n) is 5.76. The molecule has 1 atom stereocenters. The van der Waals surface area contributed by atoms with Crippen LogP contribution in [-0.2, 0) is 10.8 Å². The third kappa shape index (κ3) is 4.39. The van der Waals surface area contributed by atoms with Crippen molar-refractivity contribution >= 4 is 11.6 Å². The van der Waals surface area contributed by atoms with Gasteiger partial charge in [0.05, 0.1) is 6.04 Å². The van der Waals surface area contributed by atoms with E-state index in [-0.39, 0.29) is 16.9 Å². The maximum absolute atomic E-state index is 11.1. The Balaban J connectivity index is 2.23. The second kappa shape index (κ2) is 7.72. The van der Waals surface area contributed by atoms with Crippen molar-refractivity contribution in [3.8, 4) is 5.75 Å². The van der Waals surface area contributed by atoms with Gasteiger partial charge in [0, 0.05) is 5.02 Å². The number of hydrogen-bond acceptors (Lipinski definition) is 2. The molecule has 0 spiro atoms. The number of phenolic OH excluding ortho intramolecular Hbond substituents is 1. The van der Waals surface area contributed by atoms with Crippen molar-refractivity contribution in [1.82, 2.24) is 4.90 Å². The summed E-state index contributed by atoms with van der Waals surface area (Å²) in [5.74, 6) is 0.444. The van der Waals surface area contributed by atoms with Crippen molar-refractivity contribution in [3.05, 3.63) is 63.7 Å². The monoisotopic (exact) mass is 399 g/mol. The molecule has 1 aliphatic rings. The quantitative estimate of drug-likeness (QED) is 0.611. The molecule has 0 bridgehead atoms. The molecule has 0 saturated carbocycles. The fraction of sp³-hybridized carbons (Fsp3) is 0.520. The number of benzene rings is 2. The summed E-state index contributed by atoms with van der Waals surface area (Å²) < 4.78 is 0. The van der Waals surface area contributed by atoms with Gasteiger partial charge in [-0.1, -0.05) is 65.3 Å². The summed E-state index contributed by atoms with van der Waals surface area (Å²) in [6.45, 7) is 15.2. The lowest BCUT2D eigenvalue weighted by Crippen LogP contribution is -2.28. The van der Waals surface area contributed by atoms with Crippen molar-refractivity contribution in [2.75, 3.05) is 13.1 Å². The van der Waals surface area contributed by atoms with Crippen LogP contribution in [0.3, 0.4) is 0 Å². The van der Waals surface area contributed by atoms with Gasteiger partial charge in [-0.25, -0.2) is 0 Å². The highest BCUT2D eigenvalue weighted by molar-refractivity contribution is 6.30. The van der Waals surface area contributed by atoms with Crippen molar-refractivity contribution in [2.24, 2.45) is 0 Å². The topological polar surface area (TPSA) is 23.5 Å². The van der Waals surface area contributed by atoms with E-state index >= 15 is 0 Å². The number of hydrogen-bond donors (Lipinski definition) is 1. The van der Waals surface area contributed by atoms with Gasteiger partial charge in [-0.15, -0.1) is 0 Å². The normalized spacial score (nSPS) is 17.1. The van der Waals surface area contributed by atoms with Gasteiger partial charge in [-0.3, -0.25) is 4.90 Å². The number of nitrogens with zero attached hydrogens (tertiary/aromatic N) is 1. The lowest BCUT2D eigenvalue weighted by Gasteiger charge is -2.33. The predicted octanol–water partition coefficient (Wildman–Crippen LogP) is 6.83. The molecule has 1 aliphatic heterocycles. The largest absolute Gasteiger partial charge is 0.507 e. The number of rotatable bonds is 3. The molecule has 3 heteroatoms. The highest BCUT2D eigenvalue weighted by Crippen LogP contribution is 2.43. The number of likely N-dealkylation sites (tertiary alicyclic amines) is 1. The van der Waals surface area contributed by atoms with Crippen molar-refractivity contribution < 1.29 is 5.11 Å². The average molecular weight is 400 g/mol. The van der Waals surface area contributed by atoms with Crippen LogP contribution in [0.5, 0.6) is 5.75 Å². The van der Waals surface area contributed by atoms with Crippen LogP contribution < -0.4 is 0 Å². The summed E-state index contributed by atoms with van der Waals surface area (Å²) >= 11 is 6.17. The Hall–Kier alpha value is -1.51. The van der Waals surface area contributed by atoms with Crippen LogP contribution in [0, 0.1) is 0 Å². The molecule has 1 fully saturated rings. The Morgan fingerprint density at radius 3 is 1.71 bits per heavy atom. The van der Waals surface area contributed by atoms with E-state index in [0.717, 1.165) is 29.2 Å². The minimum Gasteiger partial charge on any atom is -0.507 e. The van der Waals surface area contributed by atoms with Crippen LogP contribution in [0.2, 0.25) is 5.02 Å². The third-order valence-corrected chi connectivity index (χ3v) is 6.01. The first kappa shape index (κ1) is 21.2. The first-order valence-electron chi connectivity index (χ1n) is 10.4. The molecule has 2 nitrogen and oxygen atoms in total. The second-order valence-corrected chi connectivity index (χ2v) is 10.6. The Morgan fingerprint density at radius 2 is 1.29 bits per heavy atom. The Kier molecular flexibility index (Phi) is 5.85. The van der Waals surface area contributed by atoms with Crippen LogP contribution in [0.25, 0.3) is 0 Å². The summed E-state index contributed by atoms with van der Waals surface area (Å²) in [7, 11) is 0. The van der Waals surface area contributed by atoms with Gasteiger partial charge in [-0.2, -0.15) is 0 Å². The van der Waals surface area contributed by atoms with E-state index in [4.69, 9.17) is 11.6 Å². The van der Waals surface area contributed by atoms with E-state index in [9.17, 15) is 5.11 Å². The molecule has 0 amide bonds. The van der Waals surface area contributed by atoms with Gasteiger partial charge in [0.25, 0.3) is 0 Å². The Morgan fingerprint density at radius 1 is 0.821 bits per heavy atom. The molecule has 1 heterocycles. The molecule has 28 heavy (non-hydrogen) atoms. The first-order chi connectivity index (χ1) is 13.0. The molecule has 0 aliphatic carbocycles. The molecule has 1 saturated heterocycles. The molecule has 0 aromatic heterocycles. The molecular weight excluding hydrogens is 366 g/mol. The fourth-order valence-corrected chi connectivity index (χ4v) is 4.34. The molecule has 3 rings (SSSR count). The highest BCUT2D eigenvalue weighted by Gasteiger charge is 2.31. The van der Waals surface area contributed by atoms with Gasteiger partial charge in [0.1, 0.15) is 5.75 Å². The molecule has 0 radical (unpaired) electrons. The maximum atomic E-state index is 11.1. The van der Waals surface area contributed by atoms with Gasteiger partial charge < -0.3 is 5.11 Å². The molecule has 152 valence electrons. The molecular formula is C25H34ClNO. The minimum absolute atomic E-state index is 0.129. The number of halogens is 1. The van der Waals surface area contributed by atoms with Gasteiger partial charge in [-0.05, 0) is 83.3 Å². The van der Waals surface area contributed by atoms with E-state index in [1.807, 2.05) is 12.1 Å². The van der Waals surface area contributed by atoms with Crippen LogP contribution in [0.1, 0.15) is 82.7 Å². The highest BCUT2D eigenvalue weighted by atomic mass is 35.5. The van der Waals surface area contributed by atoms with Crippen LogP contribution in [0.4, 0.5) is 0 Å². The van der Waals surface area contributed by atoms with Crippen LogP contribution in [-0.4, -0.2) is 23.1 Å². The van der Waals surface area contributed by atoms with E-state index in [1.165, 1.54) is 24.0 Å². The summed E-state index contributed by atoms with van der Waals surface area (Å²) in [6.07, 6.45) is 2.47. The van der Waals surface area contributed by atoms with E-state index in [1.54, 1.807) is 0 Å². The number of aromatic hydroxyl groups is 1. The Labute approximate surface area is 175 Å². The molecule has 1 N–H and O–H groups in total. The molecule has 2 aromatic carbocycles. The molecule has 0 unspecified atom stereocenters. The van der Waals surface area contributed by atoms with E-state index < -0.39 is 0 Å². The first-order valence-corrected chi connectivity index (χ1v) is 10.7. The van der Waals surface area contributed by atoms with Crippen molar-refractivity contribution in [2.45, 2.75) is 71.3 Å². The van der Waals surface area contributed by atoms with E-state index in [2.05, 4.69) is 70.7 Å². The fourth-order valence-electron chi connectivity index (χ4n) is 4.22. The van der Waals surface area contributed by atoms with Crippen molar-refractivity contribution in [3.63, 3.8) is 0 Å². The van der Waals surface area contributed by atoms with Gasteiger partial charge >= 0.3 is 0 Å². The van der Waals surface area contributed by atoms with Crippen molar-refractivity contribution in [1.29, 1.82) is 0 Å². The smallest absolute Gasteiger partial charge is 0.123 e. The predicted molar refractivity (Wildman–Crippen MR) is 120 cm³/mol. The summed E-state index contributed by atoms with van der Waals surface area (Å²) in [5.41, 5.74) is 4.31. The Bertz CT molecular complexity index is 786. The maximum Gasteiger partial charge on any atom is 0.123 e. The molecule has 2 aromatic rings. The van der Waals surface area contributed by atoms with Crippen LogP contribution >= 0.6 is 11.6 Å². The summed E-state index contributed by atoms with van der Waals surface area (Å²) in [6, 6.07) is 12.9. The van der Waals surface area contributed by atoms with Gasteiger partial charge in [0.2, 0.25) is 0 Å². The zero-order valence-electron chi connectivity index (χ0n) is 18.1. The SMILES string of the molecule is CC(C)(C)c1cc([C@@H](c2ccc(Cl)cc2)N2CCCC2)cc(C(C)(C)C)c1O. The standard InChI is InChI=1S/C25H34ClNO/c1-24(2,3)20-15-18(16-21(23(20)28)25(4,5)6)22(27-13-7-8-14-27)17-9-11-19(26)12-10-17/h9-12,15-16,22,28H,7-8,13-14H2,1-6H3/t22-/m1/s1. The summed E-state index contributed by atoms with van der Waals surface area (Å²) in [5, 5.41) is 11.9. The zero-order valence-corrected chi connectivity index (χ0v) is 18.9. The second-order valence-electron chi connectivity index (χ2n) is 10.2. The summed E-state index contributed by atoms with van der Waals surface area (Å²) in [4.78, 5) is 2.56. The number of phenols is 1.